The molecule has 4 nitrogen and oxygen atoms in total. The van der Waals surface area contributed by atoms with Crippen LogP contribution in [-0.4, -0.2) is 15.0 Å². The van der Waals surface area contributed by atoms with Gasteiger partial charge in [-0.3, -0.25) is 0 Å². The molecule has 1 aliphatic carbocycles. The molecule has 4 heteroatoms. The van der Waals surface area contributed by atoms with Crippen LogP contribution in [0, 0.1) is 11.3 Å². The van der Waals surface area contributed by atoms with E-state index in [0.29, 0.717) is 23.0 Å². The van der Waals surface area contributed by atoms with E-state index in [0.717, 1.165) is 55.6 Å². The lowest BCUT2D eigenvalue weighted by molar-refractivity contribution is 1.07. The summed E-state index contributed by atoms with van der Waals surface area (Å²) in [4.78, 5) is 15.6. The zero-order valence-electron chi connectivity index (χ0n) is 40.0. The van der Waals surface area contributed by atoms with Crippen LogP contribution in [-0.2, 0) is 0 Å². The molecule has 0 atom stereocenters. The second-order valence-electron chi connectivity index (χ2n) is 18.9. The third kappa shape index (κ3) is 7.18. The predicted octanol–water partition coefficient (Wildman–Crippen LogP) is 18.2. The van der Waals surface area contributed by atoms with Crippen molar-refractivity contribution in [3.63, 3.8) is 0 Å². The van der Waals surface area contributed by atoms with E-state index >= 15 is 0 Å². The number of nitriles is 1. The van der Waals surface area contributed by atoms with Gasteiger partial charge in [-0.2, -0.15) is 5.26 Å². The first kappa shape index (κ1) is 42.8. The third-order valence-corrected chi connectivity index (χ3v) is 14.8. The zero-order chi connectivity index (χ0) is 49.1. The fourth-order valence-corrected chi connectivity index (χ4v) is 11.3. The van der Waals surface area contributed by atoms with E-state index < -0.39 is 0 Å². The van der Waals surface area contributed by atoms with Crippen molar-refractivity contribution in [2.24, 2.45) is 0 Å². The SMILES string of the molecule is N#Cc1ccc(-c2ccc(-c3ccccc3-c3ccc4c5c(cccc35)-c3ccccc3-4)cc2)c(-c2ccccc2-c2nc(-c3ccccc3)nc(-c3ccc(-c4cc5ccccc5c5ccccc45)cc3)n2)c1. The Kier molecular flexibility index (Phi) is 10.2. The van der Waals surface area contributed by atoms with E-state index in [1.54, 1.807) is 0 Å². The number of aromatic nitrogens is 3. The largest absolute Gasteiger partial charge is 0.208 e. The molecule has 0 spiro atoms. The summed E-state index contributed by atoms with van der Waals surface area (Å²) in [5.74, 6) is 1.69. The highest BCUT2D eigenvalue weighted by Gasteiger charge is 2.24. The molecule has 1 aliphatic rings. The molecule has 1 heterocycles. The van der Waals surface area contributed by atoms with Crippen LogP contribution in [0.3, 0.4) is 0 Å². The van der Waals surface area contributed by atoms with Crippen LogP contribution < -0.4 is 0 Å². The molecule has 0 aliphatic heterocycles. The molecular formula is C70H42N4. The Bertz CT molecular complexity index is 4390. The second kappa shape index (κ2) is 17.6. The summed E-state index contributed by atoms with van der Waals surface area (Å²) in [6, 6.07) is 92.3. The summed E-state index contributed by atoms with van der Waals surface area (Å²) in [7, 11) is 0. The molecule has 0 bridgehead atoms. The Morgan fingerprint density at radius 1 is 0.243 bits per heavy atom. The van der Waals surface area contributed by atoms with Gasteiger partial charge in [0.05, 0.1) is 11.6 Å². The highest BCUT2D eigenvalue weighted by atomic mass is 15.0. The van der Waals surface area contributed by atoms with Gasteiger partial charge in [0.1, 0.15) is 0 Å². The zero-order valence-corrected chi connectivity index (χ0v) is 40.0. The first-order valence-electron chi connectivity index (χ1n) is 25.0. The maximum absolute atomic E-state index is 10.3. The monoisotopic (exact) mass is 938 g/mol. The Labute approximate surface area is 428 Å². The van der Waals surface area contributed by atoms with E-state index in [1.807, 2.05) is 54.6 Å². The lowest BCUT2D eigenvalue weighted by atomic mass is 9.88. The van der Waals surface area contributed by atoms with Gasteiger partial charge in [-0.25, -0.2) is 15.0 Å². The van der Waals surface area contributed by atoms with Gasteiger partial charge in [0.2, 0.25) is 0 Å². The Morgan fingerprint density at radius 3 is 1.35 bits per heavy atom. The van der Waals surface area contributed by atoms with Gasteiger partial charge >= 0.3 is 0 Å². The average molecular weight is 939 g/mol. The smallest absolute Gasteiger partial charge is 0.164 e. The van der Waals surface area contributed by atoms with Crippen LogP contribution in [0.25, 0.3) is 144 Å². The van der Waals surface area contributed by atoms with Crippen molar-refractivity contribution in [3.8, 4) is 118 Å². The van der Waals surface area contributed by atoms with Gasteiger partial charge in [-0.1, -0.05) is 237 Å². The number of hydrogen-bond acceptors (Lipinski definition) is 4. The molecule has 342 valence electrons. The molecule has 14 rings (SSSR count). The van der Waals surface area contributed by atoms with Crippen molar-refractivity contribution in [2.45, 2.75) is 0 Å². The molecule has 0 N–H and O–H groups in total. The molecule has 1 aromatic heterocycles. The van der Waals surface area contributed by atoms with Crippen LogP contribution in [0.5, 0.6) is 0 Å². The highest BCUT2D eigenvalue weighted by molar-refractivity contribution is 6.19. The van der Waals surface area contributed by atoms with Gasteiger partial charge in [-0.05, 0) is 128 Å². The number of hydrogen-bond donors (Lipinski definition) is 0. The van der Waals surface area contributed by atoms with E-state index in [9.17, 15) is 5.26 Å². The second-order valence-corrected chi connectivity index (χ2v) is 18.9. The molecule has 0 fully saturated rings. The Morgan fingerprint density at radius 2 is 0.676 bits per heavy atom. The van der Waals surface area contributed by atoms with Crippen molar-refractivity contribution in [1.82, 2.24) is 15.0 Å². The lowest BCUT2D eigenvalue weighted by Crippen LogP contribution is -2.01. The molecule has 0 saturated carbocycles. The van der Waals surface area contributed by atoms with Crippen molar-refractivity contribution in [3.05, 3.63) is 260 Å². The maximum Gasteiger partial charge on any atom is 0.164 e. The van der Waals surface area contributed by atoms with E-state index in [4.69, 9.17) is 15.0 Å². The summed E-state index contributed by atoms with van der Waals surface area (Å²) in [5, 5.41) is 17.8. The van der Waals surface area contributed by atoms with Crippen LogP contribution in [0.1, 0.15) is 5.56 Å². The molecule has 0 amide bonds. The van der Waals surface area contributed by atoms with Crippen LogP contribution >= 0.6 is 0 Å². The number of nitrogens with zero attached hydrogens (tertiary/aromatic N) is 4. The maximum atomic E-state index is 10.3. The minimum atomic E-state index is 0.543. The number of rotatable bonds is 8. The summed E-state index contributed by atoms with van der Waals surface area (Å²) < 4.78 is 0. The van der Waals surface area contributed by atoms with E-state index in [2.05, 4.69) is 206 Å². The van der Waals surface area contributed by atoms with E-state index in [1.165, 1.54) is 71.3 Å². The first-order valence-corrected chi connectivity index (χ1v) is 25.0. The quantitative estimate of drug-likeness (QED) is 0.142. The van der Waals surface area contributed by atoms with Gasteiger partial charge in [0.25, 0.3) is 0 Å². The number of fused-ring (bicyclic) bond motifs is 6. The Balaban J connectivity index is 0.851. The molecule has 12 aromatic carbocycles. The van der Waals surface area contributed by atoms with Gasteiger partial charge < -0.3 is 0 Å². The van der Waals surface area contributed by atoms with Crippen LogP contribution in [0.15, 0.2) is 255 Å². The topological polar surface area (TPSA) is 62.5 Å². The normalized spacial score (nSPS) is 11.5. The van der Waals surface area contributed by atoms with Crippen molar-refractivity contribution in [1.29, 1.82) is 5.26 Å². The molecule has 0 unspecified atom stereocenters. The standard InChI is InChI=1S/C70H42N4/c71-43-44-29-38-53(46-32-30-45(31-33-46)51-18-6-7-20-54(51)60-39-40-63-57-23-10-9-22-56(57)61-27-14-28-62(60)67(61)63)66(41-44)59-25-12-13-26-64(59)70-73-68(48-15-2-1-3-16-48)72-69(74-70)49-36-34-47(35-37-49)65-42-50-17-4-5-19-52(50)55-21-8-11-24-58(55)65/h1-42H. The summed E-state index contributed by atoms with van der Waals surface area (Å²) in [6.07, 6.45) is 0. The van der Waals surface area contributed by atoms with Gasteiger partial charge in [0, 0.05) is 16.7 Å². The lowest BCUT2D eigenvalue weighted by Gasteiger charge is -2.17. The average Bonchev–Trinajstić information content (AvgIpc) is 3.81. The molecule has 13 aromatic rings. The summed E-state index contributed by atoms with van der Waals surface area (Å²) in [6.45, 7) is 0. The molecule has 74 heavy (non-hydrogen) atoms. The predicted molar refractivity (Wildman–Crippen MR) is 305 cm³/mol. The van der Waals surface area contributed by atoms with Gasteiger partial charge in [-0.15, -0.1) is 0 Å². The van der Waals surface area contributed by atoms with Crippen LogP contribution in [0.2, 0.25) is 0 Å². The van der Waals surface area contributed by atoms with Crippen molar-refractivity contribution in [2.75, 3.05) is 0 Å². The molecular weight excluding hydrogens is 897 g/mol. The first-order chi connectivity index (χ1) is 36.6. The molecule has 0 radical (unpaired) electrons. The minimum absolute atomic E-state index is 0.543. The summed E-state index contributed by atoms with van der Waals surface area (Å²) >= 11 is 0. The minimum Gasteiger partial charge on any atom is -0.208 e. The Hall–Kier alpha value is -10.1. The fourth-order valence-electron chi connectivity index (χ4n) is 11.3. The number of benzene rings is 12. The van der Waals surface area contributed by atoms with E-state index in [-0.39, 0.29) is 0 Å². The summed E-state index contributed by atoms with van der Waals surface area (Å²) in [5.41, 5.74) is 19.2. The van der Waals surface area contributed by atoms with Gasteiger partial charge in [0.15, 0.2) is 17.5 Å². The van der Waals surface area contributed by atoms with Crippen molar-refractivity contribution >= 4 is 32.3 Å². The van der Waals surface area contributed by atoms with Crippen molar-refractivity contribution < 1.29 is 0 Å². The third-order valence-electron chi connectivity index (χ3n) is 14.8. The molecule has 0 saturated heterocycles. The van der Waals surface area contributed by atoms with Crippen LogP contribution in [0.4, 0.5) is 0 Å². The highest BCUT2D eigenvalue weighted by Crippen LogP contribution is 2.50. The fraction of sp³-hybridized carbons (Fsp3) is 0.